The quantitative estimate of drug-likeness (QED) is 0.842. The lowest BCUT2D eigenvalue weighted by atomic mass is 10.1. The molecule has 3 rings (SSSR count). The van der Waals surface area contributed by atoms with Crippen LogP contribution in [-0.4, -0.2) is 30.0 Å². The van der Waals surface area contributed by atoms with Crippen molar-refractivity contribution in [3.05, 3.63) is 65.2 Å². The van der Waals surface area contributed by atoms with Gasteiger partial charge in [0.2, 0.25) is 0 Å². The van der Waals surface area contributed by atoms with Crippen LogP contribution in [0.25, 0.3) is 0 Å². The van der Waals surface area contributed by atoms with E-state index in [4.69, 9.17) is 10.5 Å². The van der Waals surface area contributed by atoms with Crippen molar-refractivity contribution >= 4 is 11.6 Å². The first-order valence-corrected chi connectivity index (χ1v) is 8.25. The minimum Gasteiger partial charge on any atom is -0.399 e. The van der Waals surface area contributed by atoms with Gasteiger partial charge in [-0.2, -0.15) is 13.2 Å². The highest BCUT2D eigenvalue weighted by molar-refractivity contribution is 5.95. The molecule has 2 N–H and O–H groups in total. The molecule has 1 fully saturated rings. The van der Waals surface area contributed by atoms with Crippen LogP contribution in [0, 0.1) is 0 Å². The van der Waals surface area contributed by atoms with Gasteiger partial charge < -0.3 is 15.4 Å². The van der Waals surface area contributed by atoms with Gasteiger partial charge in [-0.3, -0.25) is 4.79 Å². The van der Waals surface area contributed by atoms with Gasteiger partial charge in [0, 0.05) is 24.3 Å². The normalized spacial score (nSPS) is 17.5. The number of ether oxygens (including phenoxy) is 1. The molecule has 1 heterocycles. The topological polar surface area (TPSA) is 55.6 Å². The number of rotatable bonds is 4. The number of amides is 1. The zero-order chi connectivity index (χ0) is 18.7. The van der Waals surface area contributed by atoms with Gasteiger partial charge in [0.1, 0.15) is 0 Å². The van der Waals surface area contributed by atoms with Crippen LogP contribution in [0.1, 0.15) is 27.9 Å². The smallest absolute Gasteiger partial charge is 0.399 e. The van der Waals surface area contributed by atoms with Crippen LogP contribution in [-0.2, 0) is 17.5 Å². The van der Waals surface area contributed by atoms with Crippen LogP contribution in [0.15, 0.2) is 48.5 Å². The maximum absolute atomic E-state index is 12.9. The molecule has 2 aromatic carbocycles. The fraction of sp³-hybridized carbons (Fsp3) is 0.316. The molecule has 4 nitrogen and oxygen atoms in total. The lowest BCUT2D eigenvalue weighted by Crippen LogP contribution is -2.30. The van der Waals surface area contributed by atoms with Crippen LogP contribution < -0.4 is 5.73 Å². The Morgan fingerprint density at radius 2 is 1.92 bits per heavy atom. The fourth-order valence-electron chi connectivity index (χ4n) is 2.96. The number of nitrogens with two attached hydrogens (primary N) is 1. The molecule has 2 aromatic rings. The summed E-state index contributed by atoms with van der Waals surface area (Å²) >= 11 is 0. The van der Waals surface area contributed by atoms with E-state index in [0.29, 0.717) is 26.1 Å². The molecule has 0 aliphatic carbocycles. The molecule has 1 atom stereocenters. The second-order valence-corrected chi connectivity index (χ2v) is 6.30. The lowest BCUT2D eigenvalue weighted by Gasteiger charge is -2.18. The van der Waals surface area contributed by atoms with Crippen molar-refractivity contribution in [3.63, 3.8) is 0 Å². The fourth-order valence-corrected chi connectivity index (χ4v) is 2.96. The Hall–Kier alpha value is -2.54. The van der Waals surface area contributed by atoms with E-state index in [1.165, 1.54) is 11.0 Å². The highest BCUT2D eigenvalue weighted by Gasteiger charge is 2.33. The Labute approximate surface area is 149 Å². The number of carbonyl (C=O) groups is 1. The highest BCUT2D eigenvalue weighted by atomic mass is 19.4. The van der Waals surface area contributed by atoms with Crippen molar-refractivity contribution in [2.24, 2.45) is 0 Å². The van der Waals surface area contributed by atoms with E-state index in [1.54, 1.807) is 0 Å². The molecule has 0 unspecified atom stereocenters. The maximum atomic E-state index is 12.9. The van der Waals surface area contributed by atoms with Crippen molar-refractivity contribution in [2.45, 2.75) is 25.3 Å². The molecule has 0 radical (unpaired) electrons. The van der Waals surface area contributed by atoms with Crippen molar-refractivity contribution < 1.29 is 22.7 Å². The molecule has 0 saturated carbocycles. The van der Waals surface area contributed by atoms with Crippen molar-refractivity contribution in [3.8, 4) is 0 Å². The summed E-state index contributed by atoms with van der Waals surface area (Å²) in [6.07, 6.45) is -4.04. The monoisotopic (exact) mass is 364 g/mol. The Balaban J connectivity index is 1.63. The molecule has 1 amide bonds. The second-order valence-electron chi connectivity index (χ2n) is 6.30. The maximum Gasteiger partial charge on any atom is 0.416 e. The van der Waals surface area contributed by atoms with Gasteiger partial charge in [0.05, 0.1) is 18.3 Å². The predicted octanol–water partition coefficient (Wildman–Crippen LogP) is 3.72. The summed E-state index contributed by atoms with van der Waals surface area (Å²) in [6.45, 7) is 1.22. The molecule has 26 heavy (non-hydrogen) atoms. The third-order valence-electron chi connectivity index (χ3n) is 4.29. The van der Waals surface area contributed by atoms with E-state index in [-0.39, 0.29) is 17.4 Å². The van der Waals surface area contributed by atoms with Crippen LogP contribution in [0.3, 0.4) is 0 Å². The van der Waals surface area contributed by atoms with Gasteiger partial charge >= 0.3 is 6.18 Å². The zero-order valence-electron chi connectivity index (χ0n) is 14.0. The van der Waals surface area contributed by atoms with Crippen LogP contribution >= 0.6 is 0 Å². The summed E-state index contributed by atoms with van der Waals surface area (Å²) in [5, 5.41) is 0. The standard InChI is InChI=1S/C19H19F3N2O2/c20-19(21,22)15-8-14(9-16(23)10-15)18(25)24-7-6-17(11-24)26-12-13-4-2-1-3-5-13/h1-5,8-10,17H,6-7,11-12,23H2/t17-/m0/s1. The minimum atomic E-state index is -4.54. The Kier molecular flexibility index (Phi) is 5.18. The molecule has 0 bridgehead atoms. The summed E-state index contributed by atoms with van der Waals surface area (Å²) in [6, 6.07) is 12.6. The lowest BCUT2D eigenvalue weighted by molar-refractivity contribution is -0.137. The summed E-state index contributed by atoms with van der Waals surface area (Å²) in [5.41, 5.74) is 5.51. The summed E-state index contributed by atoms with van der Waals surface area (Å²) in [7, 11) is 0. The Bertz CT molecular complexity index is 778. The first kappa shape index (κ1) is 18.3. The molecule has 0 spiro atoms. The highest BCUT2D eigenvalue weighted by Crippen LogP contribution is 2.32. The third kappa shape index (κ3) is 4.35. The molecular weight excluding hydrogens is 345 g/mol. The van der Waals surface area contributed by atoms with E-state index in [9.17, 15) is 18.0 Å². The zero-order valence-corrected chi connectivity index (χ0v) is 14.0. The van der Waals surface area contributed by atoms with E-state index in [1.807, 2.05) is 30.3 Å². The molecule has 1 aliphatic heterocycles. The predicted molar refractivity (Wildman–Crippen MR) is 91.4 cm³/mol. The number of halogens is 3. The van der Waals surface area contributed by atoms with Crippen molar-refractivity contribution in [2.75, 3.05) is 18.8 Å². The number of likely N-dealkylation sites (tertiary alicyclic amines) is 1. The number of anilines is 1. The van der Waals surface area contributed by atoms with Gasteiger partial charge in [-0.1, -0.05) is 30.3 Å². The molecule has 7 heteroatoms. The van der Waals surface area contributed by atoms with Crippen LogP contribution in [0.4, 0.5) is 18.9 Å². The van der Waals surface area contributed by atoms with Gasteiger partial charge in [0.15, 0.2) is 0 Å². The summed E-state index contributed by atoms with van der Waals surface area (Å²) in [4.78, 5) is 14.1. The Morgan fingerprint density at radius 3 is 2.62 bits per heavy atom. The van der Waals surface area contributed by atoms with Gasteiger partial charge in [-0.25, -0.2) is 0 Å². The number of nitrogens with zero attached hydrogens (tertiary/aromatic N) is 1. The summed E-state index contributed by atoms with van der Waals surface area (Å²) < 4.78 is 44.5. The Morgan fingerprint density at radius 1 is 1.19 bits per heavy atom. The van der Waals surface area contributed by atoms with Gasteiger partial charge in [-0.05, 0) is 30.2 Å². The molecular formula is C19H19F3N2O2. The first-order valence-electron chi connectivity index (χ1n) is 8.25. The van der Waals surface area contributed by atoms with Crippen LogP contribution in [0.5, 0.6) is 0 Å². The SMILES string of the molecule is Nc1cc(C(=O)N2CC[C@H](OCc3ccccc3)C2)cc(C(F)(F)F)c1. The largest absolute Gasteiger partial charge is 0.416 e. The van der Waals surface area contributed by atoms with E-state index >= 15 is 0 Å². The number of nitrogen functional groups attached to an aromatic ring is 1. The molecule has 1 saturated heterocycles. The summed E-state index contributed by atoms with van der Waals surface area (Å²) in [5.74, 6) is -0.464. The third-order valence-corrected chi connectivity index (χ3v) is 4.29. The number of carbonyl (C=O) groups excluding carboxylic acids is 1. The average molecular weight is 364 g/mol. The molecule has 0 aromatic heterocycles. The van der Waals surface area contributed by atoms with Crippen molar-refractivity contribution in [1.29, 1.82) is 0 Å². The number of hydrogen-bond donors (Lipinski definition) is 1. The molecule has 1 aliphatic rings. The van der Waals surface area contributed by atoms with E-state index in [2.05, 4.69) is 0 Å². The van der Waals surface area contributed by atoms with Crippen molar-refractivity contribution in [1.82, 2.24) is 4.90 Å². The minimum absolute atomic E-state index is 0.0546. The van der Waals surface area contributed by atoms with Crippen LogP contribution in [0.2, 0.25) is 0 Å². The second kappa shape index (κ2) is 7.37. The van der Waals surface area contributed by atoms with Gasteiger partial charge in [0.25, 0.3) is 5.91 Å². The number of benzene rings is 2. The number of alkyl halides is 3. The first-order chi connectivity index (χ1) is 12.3. The van der Waals surface area contributed by atoms with E-state index < -0.39 is 17.6 Å². The number of hydrogen-bond acceptors (Lipinski definition) is 3. The molecule has 138 valence electrons. The average Bonchev–Trinajstić information content (AvgIpc) is 3.08. The van der Waals surface area contributed by atoms with Gasteiger partial charge in [-0.15, -0.1) is 0 Å². The van der Waals surface area contributed by atoms with E-state index in [0.717, 1.165) is 17.7 Å².